The van der Waals surface area contributed by atoms with Crippen molar-refractivity contribution in [2.24, 2.45) is 11.8 Å². The summed E-state index contributed by atoms with van der Waals surface area (Å²) in [5.74, 6) is 0.166. The van der Waals surface area contributed by atoms with E-state index in [1.807, 2.05) is 18.7 Å². The van der Waals surface area contributed by atoms with Crippen molar-refractivity contribution < 1.29 is 14.6 Å². The van der Waals surface area contributed by atoms with Gasteiger partial charge in [-0.2, -0.15) is 4.98 Å². The highest BCUT2D eigenvalue weighted by molar-refractivity contribution is 5.72. The summed E-state index contributed by atoms with van der Waals surface area (Å²) in [6.07, 6.45) is 3.20. The van der Waals surface area contributed by atoms with Crippen molar-refractivity contribution >= 4 is 11.8 Å². The molecule has 1 aliphatic rings. The number of carboxylic acids is 1. The number of carbonyl (C=O) groups is 1. The summed E-state index contributed by atoms with van der Waals surface area (Å²) in [6, 6.07) is 0. The van der Waals surface area contributed by atoms with E-state index in [1.165, 1.54) is 0 Å². The van der Waals surface area contributed by atoms with Crippen molar-refractivity contribution in [2.75, 3.05) is 24.6 Å². The lowest BCUT2D eigenvalue weighted by Gasteiger charge is -2.16. The second-order valence-corrected chi connectivity index (χ2v) is 4.48. The third kappa shape index (κ3) is 2.52. The van der Waals surface area contributed by atoms with Crippen LogP contribution in [0.1, 0.15) is 13.8 Å². The van der Waals surface area contributed by atoms with Gasteiger partial charge in [0.15, 0.2) is 5.82 Å². The maximum absolute atomic E-state index is 11.1. The summed E-state index contributed by atoms with van der Waals surface area (Å²) in [5.41, 5.74) is 0. The number of nitrogens with zero attached hydrogens (tertiary/aromatic N) is 3. The first kappa shape index (κ1) is 12.6. The predicted octanol–water partition coefficient (Wildman–Crippen LogP) is 1.03. The average molecular weight is 251 g/mol. The van der Waals surface area contributed by atoms with Gasteiger partial charge in [0.25, 0.3) is 0 Å². The Hall–Kier alpha value is -1.85. The van der Waals surface area contributed by atoms with Crippen LogP contribution in [0, 0.1) is 11.8 Å². The summed E-state index contributed by atoms with van der Waals surface area (Å²) in [6.45, 7) is 5.51. The van der Waals surface area contributed by atoms with Crippen LogP contribution in [0.25, 0.3) is 0 Å². The number of ether oxygens (including phenoxy) is 1. The van der Waals surface area contributed by atoms with E-state index in [1.54, 1.807) is 12.4 Å². The van der Waals surface area contributed by atoms with E-state index in [9.17, 15) is 4.79 Å². The number of rotatable bonds is 4. The zero-order valence-electron chi connectivity index (χ0n) is 10.5. The molecule has 1 N–H and O–H groups in total. The van der Waals surface area contributed by atoms with Crippen LogP contribution >= 0.6 is 0 Å². The monoisotopic (exact) mass is 251 g/mol. The molecule has 1 aromatic heterocycles. The van der Waals surface area contributed by atoms with E-state index in [0.29, 0.717) is 31.4 Å². The van der Waals surface area contributed by atoms with Gasteiger partial charge in [-0.1, -0.05) is 6.92 Å². The molecule has 0 aromatic carbocycles. The van der Waals surface area contributed by atoms with Crippen molar-refractivity contribution in [1.29, 1.82) is 0 Å². The minimum atomic E-state index is -0.751. The maximum Gasteiger partial charge on any atom is 0.308 e. The van der Waals surface area contributed by atoms with Gasteiger partial charge < -0.3 is 14.7 Å². The molecular weight excluding hydrogens is 234 g/mol. The van der Waals surface area contributed by atoms with Gasteiger partial charge in [-0.05, 0) is 12.8 Å². The number of carboxylic acid groups (broad SMARTS) is 1. The topological polar surface area (TPSA) is 75.5 Å². The van der Waals surface area contributed by atoms with Crippen molar-refractivity contribution in [3.05, 3.63) is 12.4 Å². The first-order valence-electron chi connectivity index (χ1n) is 6.04. The van der Waals surface area contributed by atoms with Gasteiger partial charge in [0.2, 0.25) is 5.88 Å². The lowest BCUT2D eigenvalue weighted by Crippen LogP contribution is -2.23. The van der Waals surface area contributed by atoms with Crippen molar-refractivity contribution in [3.63, 3.8) is 0 Å². The maximum atomic E-state index is 11.1. The summed E-state index contributed by atoms with van der Waals surface area (Å²) in [5, 5.41) is 9.10. The molecule has 0 spiro atoms. The SMILES string of the molecule is CCOc1cncc(N2C[C@@H](C)[C@H](C(=O)O)C2)n1. The van der Waals surface area contributed by atoms with Gasteiger partial charge in [0.1, 0.15) is 0 Å². The molecule has 0 unspecified atom stereocenters. The van der Waals surface area contributed by atoms with Crippen LogP contribution in [0.5, 0.6) is 5.88 Å². The highest BCUT2D eigenvalue weighted by atomic mass is 16.5. The van der Waals surface area contributed by atoms with Gasteiger partial charge in [0, 0.05) is 13.1 Å². The van der Waals surface area contributed by atoms with Gasteiger partial charge in [-0.3, -0.25) is 9.78 Å². The largest absolute Gasteiger partial charge is 0.481 e. The van der Waals surface area contributed by atoms with Crippen molar-refractivity contribution in [2.45, 2.75) is 13.8 Å². The molecule has 0 radical (unpaired) electrons. The Kier molecular flexibility index (Phi) is 3.64. The Morgan fingerprint density at radius 3 is 2.94 bits per heavy atom. The molecule has 0 amide bonds. The molecule has 1 aromatic rings. The second kappa shape index (κ2) is 5.20. The van der Waals surface area contributed by atoms with Crippen molar-refractivity contribution in [1.82, 2.24) is 9.97 Å². The predicted molar refractivity (Wildman–Crippen MR) is 65.7 cm³/mol. The van der Waals surface area contributed by atoms with Gasteiger partial charge >= 0.3 is 5.97 Å². The Labute approximate surface area is 106 Å². The van der Waals surface area contributed by atoms with E-state index in [4.69, 9.17) is 9.84 Å². The first-order valence-corrected chi connectivity index (χ1v) is 6.04. The van der Waals surface area contributed by atoms with Crippen LogP contribution in [0.4, 0.5) is 5.82 Å². The van der Waals surface area contributed by atoms with Crippen LogP contribution in [-0.4, -0.2) is 40.7 Å². The number of hydrogen-bond donors (Lipinski definition) is 1. The fourth-order valence-corrected chi connectivity index (χ4v) is 2.18. The molecule has 6 nitrogen and oxygen atoms in total. The van der Waals surface area contributed by atoms with E-state index < -0.39 is 5.97 Å². The van der Waals surface area contributed by atoms with Gasteiger partial charge in [-0.25, -0.2) is 0 Å². The van der Waals surface area contributed by atoms with E-state index in [2.05, 4.69) is 9.97 Å². The molecule has 2 heterocycles. The zero-order valence-corrected chi connectivity index (χ0v) is 10.5. The van der Waals surface area contributed by atoms with Crippen LogP contribution in [0.2, 0.25) is 0 Å². The smallest absolute Gasteiger partial charge is 0.308 e. The van der Waals surface area contributed by atoms with E-state index in [-0.39, 0.29) is 11.8 Å². The van der Waals surface area contributed by atoms with E-state index >= 15 is 0 Å². The molecule has 0 bridgehead atoms. The fourth-order valence-electron chi connectivity index (χ4n) is 2.18. The highest BCUT2D eigenvalue weighted by Crippen LogP contribution is 2.27. The number of anilines is 1. The summed E-state index contributed by atoms with van der Waals surface area (Å²) >= 11 is 0. The third-order valence-corrected chi connectivity index (χ3v) is 3.15. The van der Waals surface area contributed by atoms with Crippen LogP contribution < -0.4 is 9.64 Å². The summed E-state index contributed by atoms with van der Waals surface area (Å²) in [7, 11) is 0. The highest BCUT2D eigenvalue weighted by Gasteiger charge is 2.35. The average Bonchev–Trinajstić information content (AvgIpc) is 2.72. The minimum absolute atomic E-state index is 0.111. The van der Waals surface area contributed by atoms with E-state index in [0.717, 1.165) is 0 Å². The summed E-state index contributed by atoms with van der Waals surface area (Å²) < 4.78 is 5.29. The molecule has 1 aliphatic heterocycles. The number of aromatic nitrogens is 2. The molecule has 2 rings (SSSR count). The standard InChI is InChI=1S/C12H17N3O3/c1-3-18-11-5-13-4-10(14-11)15-6-8(2)9(7-15)12(16)17/h4-5,8-9H,3,6-7H2,1-2H3,(H,16,17)/t8-,9-/m1/s1. The molecular formula is C12H17N3O3. The minimum Gasteiger partial charge on any atom is -0.481 e. The first-order chi connectivity index (χ1) is 8.61. The molecule has 98 valence electrons. The normalized spacial score (nSPS) is 23.1. The van der Waals surface area contributed by atoms with Crippen LogP contribution in [0.15, 0.2) is 12.4 Å². The number of aliphatic carboxylic acids is 1. The molecule has 1 saturated heterocycles. The lowest BCUT2D eigenvalue weighted by molar-refractivity contribution is -0.142. The third-order valence-electron chi connectivity index (χ3n) is 3.15. The molecule has 0 saturated carbocycles. The Morgan fingerprint density at radius 2 is 2.33 bits per heavy atom. The number of hydrogen-bond acceptors (Lipinski definition) is 5. The Bertz CT molecular complexity index is 438. The lowest BCUT2D eigenvalue weighted by atomic mass is 9.99. The fraction of sp³-hybridized carbons (Fsp3) is 0.583. The summed E-state index contributed by atoms with van der Waals surface area (Å²) in [4.78, 5) is 21.4. The molecule has 2 atom stereocenters. The quantitative estimate of drug-likeness (QED) is 0.861. The van der Waals surface area contributed by atoms with Gasteiger partial charge in [-0.15, -0.1) is 0 Å². The van der Waals surface area contributed by atoms with Crippen LogP contribution in [0.3, 0.4) is 0 Å². The van der Waals surface area contributed by atoms with Gasteiger partial charge in [0.05, 0.1) is 24.9 Å². The Balaban J connectivity index is 2.13. The van der Waals surface area contributed by atoms with Crippen molar-refractivity contribution in [3.8, 4) is 5.88 Å². The van der Waals surface area contributed by atoms with Crippen LogP contribution in [-0.2, 0) is 4.79 Å². The molecule has 6 heteroatoms. The zero-order chi connectivity index (χ0) is 13.1. The molecule has 0 aliphatic carbocycles. The molecule has 18 heavy (non-hydrogen) atoms. The second-order valence-electron chi connectivity index (χ2n) is 4.48. The molecule has 1 fully saturated rings. The Morgan fingerprint density at radius 1 is 1.56 bits per heavy atom.